The molecule has 2 aromatic rings. The third-order valence-electron chi connectivity index (χ3n) is 3.53. The Balaban J connectivity index is 1.75. The molecule has 0 spiro atoms. The number of carboxylic acids is 1. The second-order valence-electron chi connectivity index (χ2n) is 5.52. The topological polar surface area (TPSA) is 88.5 Å². The number of thiazole rings is 1. The molecular weight excluding hydrogens is 340 g/mol. The van der Waals surface area contributed by atoms with Crippen LogP contribution in [0.5, 0.6) is 5.75 Å². The monoisotopic (exact) mass is 362 g/mol. The summed E-state index contributed by atoms with van der Waals surface area (Å²) in [5.74, 6) is -0.451. The first-order valence-electron chi connectivity index (χ1n) is 8.29. The molecule has 6 nitrogen and oxygen atoms in total. The van der Waals surface area contributed by atoms with E-state index in [1.165, 1.54) is 16.7 Å². The highest BCUT2D eigenvalue weighted by Crippen LogP contribution is 2.13. The number of rotatable bonds is 10. The molecule has 1 aromatic heterocycles. The summed E-state index contributed by atoms with van der Waals surface area (Å²) >= 11 is 1.28. The van der Waals surface area contributed by atoms with Crippen LogP contribution in [0.25, 0.3) is 0 Å². The van der Waals surface area contributed by atoms with Crippen LogP contribution in [0.2, 0.25) is 0 Å². The van der Waals surface area contributed by atoms with Gasteiger partial charge >= 0.3 is 5.97 Å². The molecular formula is C18H22N2O4S. The van der Waals surface area contributed by atoms with Crippen molar-refractivity contribution in [1.82, 2.24) is 10.3 Å². The van der Waals surface area contributed by atoms with Crippen LogP contribution in [0.3, 0.4) is 0 Å². The van der Waals surface area contributed by atoms with Crippen LogP contribution in [0.4, 0.5) is 0 Å². The zero-order chi connectivity index (χ0) is 18.1. The third kappa shape index (κ3) is 6.19. The molecule has 0 aliphatic heterocycles. The molecule has 1 amide bonds. The van der Waals surface area contributed by atoms with E-state index in [2.05, 4.69) is 17.2 Å². The molecule has 0 saturated heterocycles. The van der Waals surface area contributed by atoms with E-state index in [0.29, 0.717) is 30.1 Å². The Kier molecular flexibility index (Phi) is 7.40. The summed E-state index contributed by atoms with van der Waals surface area (Å²) in [6.45, 7) is 3.24. The first-order chi connectivity index (χ1) is 12.1. The highest BCUT2D eigenvalue weighted by molar-refractivity contribution is 7.09. The SMILES string of the molecule is CCCCCOc1ccc(C(=O)NCCc2nc(C(=O)O)cs2)cc1. The molecule has 134 valence electrons. The van der Waals surface area contributed by atoms with Gasteiger partial charge in [0.2, 0.25) is 0 Å². The Labute approximate surface area is 150 Å². The fourth-order valence-electron chi connectivity index (χ4n) is 2.15. The number of hydrogen-bond donors (Lipinski definition) is 2. The fraction of sp³-hybridized carbons (Fsp3) is 0.389. The molecule has 25 heavy (non-hydrogen) atoms. The van der Waals surface area contributed by atoms with Crippen molar-refractivity contribution in [3.63, 3.8) is 0 Å². The van der Waals surface area contributed by atoms with Crippen LogP contribution in [0, 0.1) is 0 Å². The number of nitrogens with one attached hydrogen (secondary N) is 1. The van der Waals surface area contributed by atoms with Crippen molar-refractivity contribution >= 4 is 23.2 Å². The summed E-state index contributed by atoms with van der Waals surface area (Å²) in [6, 6.07) is 7.05. The molecule has 1 heterocycles. The van der Waals surface area contributed by atoms with Crippen LogP contribution in [-0.4, -0.2) is 35.1 Å². The number of amides is 1. The number of carboxylic acid groups (broad SMARTS) is 1. The molecule has 0 atom stereocenters. The van der Waals surface area contributed by atoms with Crippen LogP contribution in [0.1, 0.15) is 52.0 Å². The highest BCUT2D eigenvalue weighted by Gasteiger charge is 2.09. The van der Waals surface area contributed by atoms with Crippen LogP contribution >= 0.6 is 11.3 Å². The molecule has 7 heteroatoms. The minimum atomic E-state index is -1.04. The van der Waals surface area contributed by atoms with E-state index in [1.54, 1.807) is 24.3 Å². The normalized spacial score (nSPS) is 10.4. The lowest BCUT2D eigenvalue weighted by molar-refractivity contribution is 0.0690. The average molecular weight is 362 g/mol. The summed E-state index contributed by atoms with van der Waals surface area (Å²) < 4.78 is 5.62. The fourth-order valence-corrected chi connectivity index (χ4v) is 2.93. The van der Waals surface area contributed by atoms with Gasteiger partial charge in [-0.15, -0.1) is 11.3 Å². The maximum atomic E-state index is 12.1. The second-order valence-corrected chi connectivity index (χ2v) is 6.46. The minimum Gasteiger partial charge on any atom is -0.494 e. The van der Waals surface area contributed by atoms with E-state index in [1.807, 2.05) is 0 Å². The van der Waals surface area contributed by atoms with Gasteiger partial charge < -0.3 is 15.2 Å². The predicted molar refractivity (Wildman–Crippen MR) is 96.6 cm³/mol. The van der Waals surface area contributed by atoms with Crippen molar-refractivity contribution in [2.75, 3.05) is 13.2 Å². The van der Waals surface area contributed by atoms with E-state index in [4.69, 9.17) is 9.84 Å². The first kappa shape index (κ1) is 18.9. The lowest BCUT2D eigenvalue weighted by atomic mass is 10.2. The maximum Gasteiger partial charge on any atom is 0.355 e. The van der Waals surface area contributed by atoms with Gasteiger partial charge in [0.05, 0.1) is 11.6 Å². The van der Waals surface area contributed by atoms with Gasteiger partial charge in [0.25, 0.3) is 5.91 Å². The smallest absolute Gasteiger partial charge is 0.355 e. The molecule has 0 radical (unpaired) electrons. The Morgan fingerprint density at radius 1 is 1.24 bits per heavy atom. The van der Waals surface area contributed by atoms with E-state index < -0.39 is 5.97 Å². The number of carbonyl (C=O) groups excluding carboxylic acids is 1. The standard InChI is InChI=1S/C18H22N2O4S/c1-2-3-4-11-24-14-7-5-13(6-8-14)17(21)19-10-9-16-20-15(12-25-16)18(22)23/h5-8,12H,2-4,9-11H2,1H3,(H,19,21)(H,22,23). The zero-order valence-electron chi connectivity index (χ0n) is 14.2. The lowest BCUT2D eigenvalue weighted by Gasteiger charge is -2.07. The summed E-state index contributed by atoms with van der Waals surface area (Å²) in [4.78, 5) is 26.9. The van der Waals surface area contributed by atoms with Gasteiger partial charge in [0.15, 0.2) is 5.69 Å². The minimum absolute atomic E-state index is 0.0425. The van der Waals surface area contributed by atoms with Gasteiger partial charge in [-0.2, -0.15) is 0 Å². The number of ether oxygens (including phenoxy) is 1. The van der Waals surface area contributed by atoms with Gasteiger partial charge in [-0.05, 0) is 30.7 Å². The molecule has 0 saturated carbocycles. The van der Waals surface area contributed by atoms with Gasteiger partial charge in [-0.1, -0.05) is 19.8 Å². The zero-order valence-corrected chi connectivity index (χ0v) is 15.0. The molecule has 2 N–H and O–H groups in total. The van der Waals surface area contributed by atoms with E-state index >= 15 is 0 Å². The summed E-state index contributed by atoms with van der Waals surface area (Å²) in [6.07, 6.45) is 3.83. The molecule has 2 rings (SSSR count). The van der Waals surface area contributed by atoms with Crippen molar-refractivity contribution in [1.29, 1.82) is 0 Å². The summed E-state index contributed by atoms with van der Waals surface area (Å²) in [5.41, 5.74) is 0.604. The Morgan fingerprint density at radius 2 is 2.00 bits per heavy atom. The van der Waals surface area contributed by atoms with E-state index in [9.17, 15) is 9.59 Å². The van der Waals surface area contributed by atoms with Crippen molar-refractivity contribution in [2.45, 2.75) is 32.6 Å². The van der Waals surface area contributed by atoms with E-state index in [0.717, 1.165) is 25.0 Å². The van der Waals surface area contributed by atoms with Crippen molar-refractivity contribution < 1.29 is 19.4 Å². The van der Waals surface area contributed by atoms with Crippen LogP contribution < -0.4 is 10.1 Å². The lowest BCUT2D eigenvalue weighted by Crippen LogP contribution is -2.25. The largest absolute Gasteiger partial charge is 0.494 e. The number of aromatic carboxylic acids is 1. The van der Waals surface area contributed by atoms with Crippen molar-refractivity contribution in [3.8, 4) is 5.75 Å². The Bertz CT molecular complexity index is 697. The maximum absolute atomic E-state index is 12.1. The number of aromatic nitrogens is 1. The number of nitrogens with zero attached hydrogens (tertiary/aromatic N) is 1. The second kappa shape index (κ2) is 9.78. The van der Waals surface area contributed by atoms with Crippen molar-refractivity contribution in [2.24, 2.45) is 0 Å². The molecule has 0 unspecified atom stereocenters. The quantitative estimate of drug-likeness (QED) is 0.633. The summed E-state index contributed by atoms with van der Waals surface area (Å²) in [5, 5.41) is 13.8. The predicted octanol–water partition coefficient (Wildman–Crippen LogP) is 3.38. The Hall–Kier alpha value is -2.41. The van der Waals surface area contributed by atoms with Gasteiger partial charge in [0, 0.05) is 23.9 Å². The highest BCUT2D eigenvalue weighted by atomic mass is 32.1. The Morgan fingerprint density at radius 3 is 2.64 bits per heavy atom. The molecule has 0 aliphatic rings. The number of hydrogen-bond acceptors (Lipinski definition) is 5. The van der Waals surface area contributed by atoms with Crippen LogP contribution in [0.15, 0.2) is 29.6 Å². The molecule has 0 bridgehead atoms. The van der Waals surface area contributed by atoms with Gasteiger partial charge in [0.1, 0.15) is 5.75 Å². The molecule has 0 fully saturated rings. The first-order valence-corrected chi connectivity index (χ1v) is 9.17. The van der Waals surface area contributed by atoms with E-state index in [-0.39, 0.29) is 11.6 Å². The van der Waals surface area contributed by atoms with Crippen molar-refractivity contribution in [3.05, 3.63) is 45.9 Å². The van der Waals surface area contributed by atoms with Gasteiger partial charge in [-0.25, -0.2) is 9.78 Å². The molecule has 0 aliphatic carbocycles. The number of unbranched alkanes of at least 4 members (excludes halogenated alkanes) is 2. The number of benzene rings is 1. The van der Waals surface area contributed by atoms with Crippen LogP contribution in [-0.2, 0) is 6.42 Å². The average Bonchev–Trinajstić information content (AvgIpc) is 3.08. The molecule has 1 aromatic carbocycles. The van der Waals surface area contributed by atoms with Gasteiger partial charge in [-0.3, -0.25) is 4.79 Å². The summed E-state index contributed by atoms with van der Waals surface area (Å²) in [7, 11) is 0. The number of carbonyl (C=O) groups is 2. The third-order valence-corrected chi connectivity index (χ3v) is 4.44.